The molecule has 4 aromatic rings. The minimum absolute atomic E-state index is 0.0799. The number of fused-ring (bicyclic) bond motifs is 2. The molecule has 0 unspecified atom stereocenters. The number of amides is 1. The highest BCUT2D eigenvalue weighted by atomic mass is 16.4. The van der Waals surface area contributed by atoms with E-state index in [1.54, 1.807) is 6.20 Å². The van der Waals surface area contributed by atoms with Gasteiger partial charge in [-0.25, -0.2) is 14.6 Å². The van der Waals surface area contributed by atoms with E-state index >= 15 is 0 Å². The Kier molecular flexibility index (Phi) is 4.33. The van der Waals surface area contributed by atoms with E-state index in [2.05, 4.69) is 4.98 Å². The summed E-state index contributed by atoms with van der Waals surface area (Å²) in [6.45, 7) is 1.65. The standard InChI is InChI=1S/C24H23N5O2/c30-24(28-13-11-20-19(15-28)26-23(31-20)17-8-4-9-17)21-18-10-5-12-25-22(18)29(27-21)14-16-6-2-1-3-7-16/h1-3,5-7,10,12,17H,4,8-9,11,13-15H2. The number of carbonyl (C=O) groups is 1. The van der Waals surface area contributed by atoms with Crippen molar-refractivity contribution in [3.05, 3.63) is 77.3 Å². The molecule has 0 bridgehead atoms. The highest BCUT2D eigenvalue weighted by Crippen LogP contribution is 2.37. The Bertz CT molecular complexity index is 1260. The molecule has 1 aliphatic carbocycles. The van der Waals surface area contributed by atoms with Crippen LogP contribution in [0, 0.1) is 0 Å². The van der Waals surface area contributed by atoms with E-state index in [0.717, 1.165) is 46.8 Å². The first-order valence-electron chi connectivity index (χ1n) is 10.9. The van der Waals surface area contributed by atoms with Crippen LogP contribution in [0.5, 0.6) is 0 Å². The lowest BCUT2D eigenvalue weighted by molar-refractivity contribution is 0.0722. The first-order valence-corrected chi connectivity index (χ1v) is 10.9. The summed E-state index contributed by atoms with van der Waals surface area (Å²) < 4.78 is 7.82. The number of benzene rings is 1. The van der Waals surface area contributed by atoms with Crippen LogP contribution >= 0.6 is 0 Å². The second-order valence-corrected chi connectivity index (χ2v) is 8.39. The average molecular weight is 413 g/mol. The second-order valence-electron chi connectivity index (χ2n) is 8.39. The third kappa shape index (κ3) is 3.21. The van der Waals surface area contributed by atoms with E-state index in [4.69, 9.17) is 14.5 Å². The number of oxazole rings is 1. The maximum absolute atomic E-state index is 13.5. The molecule has 0 radical (unpaired) electrons. The lowest BCUT2D eigenvalue weighted by Gasteiger charge is -2.24. The van der Waals surface area contributed by atoms with Gasteiger partial charge in [-0.15, -0.1) is 0 Å². The second kappa shape index (κ2) is 7.34. The topological polar surface area (TPSA) is 77.0 Å². The predicted octanol–water partition coefficient (Wildman–Crippen LogP) is 3.93. The smallest absolute Gasteiger partial charge is 0.275 e. The third-order valence-corrected chi connectivity index (χ3v) is 6.37. The normalized spacial score (nSPS) is 16.3. The highest BCUT2D eigenvalue weighted by Gasteiger charge is 2.32. The number of rotatable bonds is 4. The molecule has 7 heteroatoms. The molecule has 0 atom stereocenters. The number of aromatic nitrogens is 4. The first kappa shape index (κ1) is 18.3. The van der Waals surface area contributed by atoms with Crippen LogP contribution in [0.25, 0.3) is 11.0 Å². The van der Waals surface area contributed by atoms with Gasteiger partial charge in [0.25, 0.3) is 5.91 Å². The molecule has 2 aliphatic rings. The fraction of sp³-hybridized carbons (Fsp3) is 0.333. The van der Waals surface area contributed by atoms with Gasteiger partial charge in [-0.2, -0.15) is 5.10 Å². The molecule has 7 nitrogen and oxygen atoms in total. The average Bonchev–Trinajstić information content (AvgIpc) is 3.34. The summed E-state index contributed by atoms with van der Waals surface area (Å²) in [5.74, 6) is 2.17. The van der Waals surface area contributed by atoms with Crippen LogP contribution < -0.4 is 0 Å². The van der Waals surface area contributed by atoms with Gasteiger partial charge in [0, 0.05) is 25.1 Å². The Hall–Kier alpha value is -3.48. The van der Waals surface area contributed by atoms with Crippen molar-refractivity contribution in [2.24, 2.45) is 0 Å². The minimum atomic E-state index is -0.0799. The zero-order valence-corrected chi connectivity index (χ0v) is 17.2. The van der Waals surface area contributed by atoms with Crippen LogP contribution in [0.1, 0.15) is 58.6 Å². The monoisotopic (exact) mass is 413 g/mol. The summed E-state index contributed by atoms with van der Waals surface area (Å²) in [6.07, 6.45) is 5.99. The fourth-order valence-electron chi connectivity index (χ4n) is 4.41. The molecule has 0 N–H and O–H groups in total. The van der Waals surface area contributed by atoms with Crippen LogP contribution in [0.4, 0.5) is 0 Å². The van der Waals surface area contributed by atoms with E-state index in [1.165, 1.54) is 6.42 Å². The quantitative estimate of drug-likeness (QED) is 0.507. The molecule has 0 spiro atoms. The number of hydrogen-bond donors (Lipinski definition) is 0. The Morgan fingerprint density at radius 3 is 2.81 bits per heavy atom. The molecule has 3 aromatic heterocycles. The van der Waals surface area contributed by atoms with Crippen molar-refractivity contribution in [2.75, 3.05) is 6.54 Å². The van der Waals surface area contributed by atoms with Crippen LogP contribution in [0.3, 0.4) is 0 Å². The maximum Gasteiger partial charge on any atom is 0.275 e. The fourth-order valence-corrected chi connectivity index (χ4v) is 4.41. The molecule has 1 aliphatic heterocycles. The Labute approximate surface area is 179 Å². The van der Waals surface area contributed by atoms with Gasteiger partial charge in [0.05, 0.1) is 18.5 Å². The van der Waals surface area contributed by atoms with E-state index in [-0.39, 0.29) is 5.91 Å². The van der Waals surface area contributed by atoms with Crippen molar-refractivity contribution < 1.29 is 9.21 Å². The molecule has 4 heterocycles. The molecule has 31 heavy (non-hydrogen) atoms. The van der Waals surface area contributed by atoms with E-state index < -0.39 is 0 Å². The van der Waals surface area contributed by atoms with E-state index in [1.807, 2.05) is 52.0 Å². The maximum atomic E-state index is 13.5. The molecule has 0 saturated heterocycles. The minimum Gasteiger partial charge on any atom is -0.445 e. The van der Waals surface area contributed by atoms with Crippen molar-refractivity contribution in [1.82, 2.24) is 24.6 Å². The van der Waals surface area contributed by atoms with Crippen molar-refractivity contribution in [1.29, 1.82) is 0 Å². The summed E-state index contributed by atoms with van der Waals surface area (Å²) in [6, 6.07) is 13.9. The van der Waals surface area contributed by atoms with Gasteiger partial charge in [0.1, 0.15) is 11.5 Å². The van der Waals surface area contributed by atoms with E-state index in [9.17, 15) is 4.79 Å². The van der Waals surface area contributed by atoms with Gasteiger partial charge in [0.2, 0.25) is 0 Å². The summed E-state index contributed by atoms with van der Waals surface area (Å²) in [4.78, 5) is 24.5. The number of nitrogens with zero attached hydrogens (tertiary/aromatic N) is 5. The molecule has 156 valence electrons. The highest BCUT2D eigenvalue weighted by molar-refractivity contribution is 6.04. The van der Waals surface area contributed by atoms with Gasteiger partial charge >= 0.3 is 0 Å². The van der Waals surface area contributed by atoms with Gasteiger partial charge < -0.3 is 9.32 Å². The predicted molar refractivity (Wildman–Crippen MR) is 115 cm³/mol. The summed E-state index contributed by atoms with van der Waals surface area (Å²) >= 11 is 0. The molecule has 1 saturated carbocycles. The summed E-state index contributed by atoms with van der Waals surface area (Å²) in [5.41, 5.74) is 3.18. The van der Waals surface area contributed by atoms with Gasteiger partial charge in [-0.1, -0.05) is 36.8 Å². The molecule has 6 rings (SSSR count). The third-order valence-electron chi connectivity index (χ3n) is 6.37. The van der Waals surface area contributed by atoms with E-state index in [0.29, 0.717) is 37.7 Å². The zero-order chi connectivity index (χ0) is 20.8. The van der Waals surface area contributed by atoms with Crippen LogP contribution in [0.2, 0.25) is 0 Å². The van der Waals surface area contributed by atoms with Crippen molar-refractivity contribution in [3.8, 4) is 0 Å². The van der Waals surface area contributed by atoms with Crippen LogP contribution in [0.15, 0.2) is 53.1 Å². The number of hydrogen-bond acceptors (Lipinski definition) is 5. The van der Waals surface area contributed by atoms with Crippen molar-refractivity contribution >= 4 is 16.9 Å². The lowest BCUT2D eigenvalue weighted by Crippen LogP contribution is -2.36. The van der Waals surface area contributed by atoms with Gasteiger partial charge in [-0.05, 0) is 30.5 Å². The van der Waals surface area contributed by atoms with Crippen LogP contribution in [-0.4, -0.2) is 37.1 Å². The number of pyridine rings is 1. The lowest BCUT2D eigenvalue weighted by atomic mass is 9.85. The molecule has 1 fully saturated rings. The molecule has 1 aromatic carbocycles. The van der Waals surface area contributed by atoms with Crippen molar-refractivity contribution in [3.63, 3.8) is 0 Å². The van der Waals surface area contributed by atoms with Gasteiger partial charge in [-0.3, -0.25) is 4.79 Å². The zero-order valence-electron chi connectivity index (χ0n) is 17.2. The largest absolute Gasteiger partial charge is 0.445 e. The SMILES string of the molecule is O=C(c1nn(Cc2ccccc2)c2ncccc12)N1CCc2oc(C3CCC3)nc2C1. The van der Waals surface area contributed by atoms with Gasteiger partial charge in [0.15, 0.2) is 17.2 Å². The van der Waals surface area contributed by atoms with Crippen LogP contribution in [-0.2, 0) is 19.5 Å². The Morgan fingerprint density at radius 1 is 1.13 bits per heavy atom. The molecular formula is C24H23N5O2. The molecular weight excluding hydrogens is 390 g/mol. The first-order chi connectivity index (χ1) is 15.3. The summed E-state index contributed by atoms with van der Waals surface area (Å²) in [5, 5.41) is 5.47. The number of carbonyl (C=O) groups excluding carboxylic acids is 1. The Morgan fingerprint density at radius 2 is 2.00 bits per heavy atom. The molecule has 1 amide bonds. The Balaban J connectivity index is 1.30. The summed E-state index contributed by atoms with van der Waals surface area (Å²) in [7, 11) is 0. The van der Waals surface area contributed by atoms with Crippen molar-refractivity contribution in [2.45, 2.75) is 44.7 Å².